The van der Waals surface area contributed by atoms with Crippen molar-refractivity contribution in [3.63, 3.8) is 0 Å². The van der Waals surface area contributed by atoms with Crippen molar-refractivity contribution in [1.82, 2.24) is 10.2 Å². The van der Waals surface area contributed by atoms with Gasteiger partial charge in [0.25, 0.3) is 0 Å². The van der Waals surface area contributed by atoms with Crippen LogP contribution in [0.15, 0.2) is 0 Å². The Kier molecular flexibility index (Phi) is 2.77. The molecule has 6 heteroatoms. The third-order valence-electron chi connectivity index (χ3n) is 2.87. The molecule has 2 rings (SSSR count). The molecule has 3 atom stereocenters. The molecule has 2 aliphatic heterocycles. The van der Waals surface area contributed by atoms with Crippen LogP contribution in [0, 0.1) is 0 Å². The van der Waals surface area contributed by atoms with Crippen LogP contribution in [0.4, 0.5) is 4.79 Å². The molecule has 2 fully saturated rings. The third kappa shape index (κ3) is 2.04. The minimum Gasteiger partial charge on any atom is -0.480 e. The zero-order valence-electron chi connectivity index (χ0n) is 8.47. The number of thioether (sulfide) groups is 1. The highest BCUT2D eigenvalue weighted by Gasteiger charge is 2.41. The third-order valence-corrected chi connectivity index (χ3v) is 4.26. The highest BCUT2D eigenvalue weighted by Crippen LogP contribution is 2.37. The first-order valence-corrected chi connectivity index (χ1v) is 6.04. The summed E-state index contributed by atoms with van der Waals surface area (Å²) in [5.41, 5.74) is 0. The number of carbonyl (C=O) groups excluding carboxylic acids is 1. The Labute approximate surface area is 92.2 Å². The first-order valence-electron chi connectivity index (χ1n) is 4.99. The summed E-state index contributed by atoms with van der Waals surface area (Å²) in [5.74, 6) is -0.0124. The number of carboxylic acids is 1. The van der Waals surface area contributed by atoms with Crippen molar-refractivity contribution >= 4 is 23.8 Å². The Hall–Kier alpha value is -0.910. The van der Waals surface area contributed by atoms with Crippen molar-refractivity contribution < 1.29 is 14.7 Å². The highest BCUT2D eigenvalue weighted by atomic mass is 32.2. The van der Waals surface area contributed by atoms with Gasteiger partial charge in [0.15, 0.2) is 0 Å². The number of aliphatic carboxylic acids is 1. The van der Waals surface area contributed by atoms with Crippen LogP contribution in [0.3, 0.4) is 0 Å². The van der Waals surface area contributed by atoms with Crippen LogP contribution in [0.25, 0.3) is 0 Å². The van der Waals surface area contributed by atoms with E-state index in [2.05, 4.69) is 5.32 Å². The van der Waals surface area contributed by atoms with Gasteiger partial charge in [-0.2, -0.15) is 11.8 Å². The van der Waals surface area contributed by atoms with Crippen LogP contribution in [0.1, 0.15) is 13.3 Å². The lowest BCUT2D eigenvalue weighted by Crippen LogP contribution is -2.49. The number of rotatable bonds is 2. The smallest absolute Gasteiger partial charge is 0.325 e. The van der Waals surface area contributed by atoms with E-state index in [0.29, 0.717) is 11.3 Å². The Morgan fingerprint density at radius 1 is 1.60 bits per heavy atom. The van der Waals surface area contributed by atoms with E-state index in [1.165, 1.54) is 6.92 Å². The number of amides is 2. The van der Waals surface area contributed by atoms with E-state index in [9.17, 15) is 9.59 Å². The van der Waals surface area contributed by atoms with E-state index in [1.54, 1.807) is 4.90 Å². The molecule has 5 nitrogen and oxygen atoms in total. The van der Waals surface area contributed by atoms with Gasteiger partial charge in [-0.05, 0) is 13.3 Å². The quantitative estimate of drug-likeness (QED) is 0.718. The molecule has 0 aromatic heterocycles. The molecule has 2 N–H and O–H groups in total. The zero-order chi connectivity index (χ0) is 11.0. The van der Waals surface area contributed by atoms with Gasteiger partial charge in [0.2, 0.25) is 0 Å². The molecule has 2 saturated heterocycles. The summed E-state index contributed by atoms with van der Waals surface area (Å²) < 4.78 is 0. The van der Waals surface area contributed by atoms with Gasteiger partial charge in [0.05, 0.1) is 0 Å². The van der Waals surface area contributed by atoms with Crippen LogP contribution in [0.5, 0.6) is 0 Å². The monoisotopic (exact) mass is 230 g/mol. The largest absolute Gasteiger partial charge is 0.480 e. The lowest BCUT2D eigenvalue weighted by molar-refractivity contribution is -0.138. The molecule has 0 aromatic carbocycles. The van der Waals surface area contributed by atoms with E-state index in [-0.39, 0.29) is 6.03 Å². The van der Waals surface area contributed by atoms with Gasteiger partial charge < -0.3 is 15.3 Å². The first-order chi connectivity index (χ1) is 7.08. The van der Waals surface area contributed by atoms with Crippen LogP contribution < -0.4 is 5.32 Å². The number of likely N-dealkylation sites (tertiary alicyclic amines) is 1. The summed E-state index contributed by atoms with van der Waals surface area (Å²) in [6.07, 6.45) is 1.06. The average molecular weight is 230 g/mol. The number of hydrogen-bond acceptors (Lipinski definition) is 3. The molecule has 0 saturated carbocycles. The van der Waals surface area contributed by atoms with Crippen LogP contribution in [-0.4, -0.2) is 51.6 Å². The number of hydrogen-bond donors (Lipinski definition) is 2. The molecule has 2 aliphatic rings. The lowest BCUT2D eigenvalue weighted by atomic mass is 10.2. The molecule has 2 bridgehead atoms. The maximum atomic E-state index is 11.7. The minimum absolute atomic E-state index is 0.238. The zero-order valence-corrected chi connectivity index (χ0v) is 9.29. The summed E-state index contributed by atoms with van der Waals surface area (Å²) in [6.45, 7) is 2.23. The number of carbonyl (C=O) groups is 2. The Morgan fingerprint density at radius 3 is 2.80 bits per heavy atom. The number of urea groups is 1. The van der Waals surface area contributed by atoms with Crippen molar-refractivity contribution in [2.45, 2.75) is 30.7 Å². The topological polar surface area (TPSA) is 69.6 Å². The minimum atomic E-state index is -0.998. The second-order valence-electron chi connectivity index (χ2n) is 4.01. The van der Waals surface area contributed by atoms with E-state index in [0.717, 1.165) is 18.7 Å². The van der Waals surface area contributed by atoms with Gasteiger partial charge in [-0.1, -0.05) is 0 Å². The lowest BCUT2D eigenvalue weighted by Gasteiger charge is -2.27. The number of nitrogens with one attached hydrogen (secondary N) is 1. The average Bonchev–Trinajstić information content (AvgIpc) is 2.78. The summed E-state index contributed by atoms with van der Waals surface area (Å²) >= 11 is 1.90. The molecule has 2 heterocycles. The molecule has 0 radical (unpaired) electrons. The SMILES string of the molecule is C[C@@H](NC(=O)N1CC2CC1CS2)C(=O)O. The molecule has 0 aliphatic carbocycles. The maximum Gasteiger partial charge on any atom is 0.325 e. The predicted molar refractivity (Wildman–Crippen MR) is 57.0 cm³/mol. The van der Waals surface area contributed by atoms with Crippen molar-refractivity contribution in [1.29, 1.82) is 0 Å². The fraction of sp³-hybridized carbons (Fsp3) is 0.778. The number of carboxylic acid groups (broad SMARTS) is 1. The van der Waals surface area contributed by atoms with Gasteiger partial charge in [-0.15, -0.1) is 0 Å². The Morgan fingerprint density at radius 2 is 2.33 bits per heavy atom. The van der Waals surface area contributed by atoms with Gasteiger partial charge in [0, 0.05) is 23.6 Å². The van der Waals surface area contributed by atoms with Gasteiger partial charge in [-0.25, -0.2) is 4.79 Å². The molecule has 2 amide bonds. The van der Waals surface area contributed by atoms with Gasteiger partial charge in [-0.3, -0.25) is 4.79 Å². The first kappa shape index (κ1) is 10.6. The van der Waals surface area contributed by atoms with Crippen molar-refractivity contribution in [2.75, 3.05) is 12.3 Å². The molecule has 2 unspecified atom stereocenters. The van der Waals surface area contributed by atoms with Crippen LogP contribution >= 0.6 is 11.8 Å². The highest BCUT2D eigenvalue weighted by molar-refractivity contribution is 8.00. The molecular weight excluding hydrogens is 216 g/mol. The van der Waals surface area contributed by atoms with Gasteiger partial charge in [0.1, 0.15) is 6.04 Å². The Bertz CT molecular complexity index is 297. The fourth-order valence-corrected chi connectivity index (χ4v) is 3.41. The van der Waals surface area contributed by atoms with E-state index in [4.69, 9.17) is 5.11 Å². The van der Waals surface area contributed by atoms with Crippen LogP contribution in [0.2, 0.25) is 0 Å². The van der Waals surface area contributed by atoms with E-state index >= 15 is 0 Å². The van der Waals surface area contributed by atoms with E-state index in [1.807, 2.05) is 11.8 Å². The van der Waals surface area contributed by atoms with Crippen LogP contribution in [-0.2, 0) is 4.79 Å². The van der Waals surface area contributed by atoms with Gasteiger partial charge >= 0.3 is 12.0 Å². The second-order valence-corrected chi connectivity index (χ2v) is 5.34. The fourth-order valence-electron chi connectivity index (χ4n) is 1.98. The summed E-state index contributed by atoms with van der Waals surface area (Å²) in [7, 11) is 0. The normalized spacial score (nSPS) is 30.3. The number of fused-ring (bicyclic) bond motifs is 2. The summed E-state index contributed by atoms with van der Waals surface area (Å²) in [4.78, 5) is 24.0. The van der Waals surface area contributed by atoms with E-state index < -0.39 is 12.0 Å². The van der Waals surface area contributed by atoms with Crippen molar-refractivity contribution in [3.05, 3.63) is 0 Å². The molecule has 0 spiro atoms. The predicted octanol–water partition coefficient (Wildman–Crippen LogP) is 0.359. The Balaban J connectivity index is 1.89. The molecule has 15 heavy (non-hydrogen) atoms. The van der Waals surface area contributed by atoms with Crippen molar-refractivity contribution in [2.24, 2.45) is 0 Å². The second kappa shape index (κ2) is 3.92. The number of nitrogens with zero attached hydrogens (tertiary/aromatic N) is 1. The molecular formula is C9H14N2O3S. The van der Waals surface area contributed by atoms with Crippen molar-refractivity contribution in [3.8, 4) is 0 Å². The summed E-state index contributed by atoms with van der Waals surface area (Å²) in [6, 6.07) is -0.747. The maximum absolute atomic E-state index is 11.7. The molecule has 84 valence electrons. The molecule has 0 aromatic rings. The summed E-state index contributed by atoms with van der Waals surface area (Å²) in [5, 5.41) is 11.7. The standard InChI is InChI=1S/C9H14N2O3S/c1-5(8(12)13)10-9(14)11-3-7-2-6(11)4-15-7/h5-7H,2-4H2,1H3,(H,10,14)(H,12,13)/t5-,6?,7?/m1/s1.